The Kier molecular flexibility index (Phi) is 7.02. The number of benzene rings is 2. The van der Waals surface area contributed by atoms with E-state index in [-0.39, 0.29) is 23.3 Å². The number of carbonyl (C=O) groups is 2. The number of nitrogens with one attached hydrogen (secondary N) is 1. The van der Waals surface area contributed by atoms with E-state index in [1.165, 1.54) is 23.8 Å². The average Bonchev–Trinajstić information content (AvgIpc) is 3.08. The van der Waals surface area contributed by atoms with E-state index in [9.17, 15) is 9.59 Å². The molecule has 7 nitrogen and oxygen atoms in total. The number of rotatable bonds is 6. The molecule has 9 heteroatoms. The van der Waals surface area contributed by atoms with E-state index in [0.717, 1.165) is 11.3 Å². The van der Waals surface area contributed by atoms with E-state index < -0.39 is 0 Å². The van der Waals surface area contributed by atoms with Crippen molar-refractivity contribution in [3.05, 3.63) is 58.7 Å². The third kappa shape index (κ3) is 4.77. The van der Waals surface area contributed by atoms with Crippen molar-refractivity contribution >= 4 is 52.1 Å². The maximum Gasteiger partial charge on any atom is 0.283 e. The highest BCUT2D eigenvalue weighted by Gasteiger charge is 2.32. The molecule has 1 aliphatic heterocycles. The molecule has 0 bridgehead atoms. The minimum Gasteiger partial charge on any atom is -0.497 e. The van der Waals surface area contributed by atoms with E-state index in [1.807, 2.05) is 12.1 Å². The second kappa shape index (κ2) is 9.69. The summed E-state index contributed by atoms with van der Waals surface area (Å²) in [6.45, 7) is 0. The van der Waals surface area contributed by atoms with Crippen LogP contribution in [-0.2, 0) is 9.59 Å². The zero-order valence-electron chi connectivity index (χ0n) is 16.6. The number of anilines is 1. The van der Waals surface area contributed by atoms with Crippen LogP contribution in [-0.4, -0.2) is 44.0 Å². The fourth-order valence-corrected chi connectivity index (χ4v) is 3.75. The molecular formula is C21H20ClN3O4S. The van der Waals surface area contributed by atoms with Crippen LogP contribution in [0.3, 0.4) is 0 Å². The van der Waals surface area contributed by atoms with Crippen LogP contribution in [0, 0.1) is 0 Å². The van der Waals surface area contributed by atoms with Crippen LogP contribution in [0.1, 0.15) is 5.56 Å². The van der Waals surface area contributed by atoms with Crippen molar-refractivity contribution in [1.82, 2.24) is 5.32 Å². The molecule has 0 atom stereocenters. The number of hydrogen-bond donors (Lipinski definition) is 1. The van der Waals surface area contributed by atoms with Gasteiger partial charge in [-0.2, -0.15) is 0 Å². The molecule has 1 heterocycles. The zero-order chi connectivity index (χ0) is 21.7. The van der Waals surface area contributed by atoms with Gasteiger partial charge in [0.2, 0.25) is 5.91 Å². The van der Waals surface area contributed by atoms with Crippen molar-refractivity contribution in [1.29, 1.82) is 0 Å². The number of thioether (sulfide) groups is 1. The number of amidine groups is 1. The van der Waals surface area contributed by atoms with Gasteiger partial charge in [-0.1, -0.05) is 35.5 Å². The van der Waals surface area contributed by atoms with Crippen LogP contribution >= 0.6 is 23.4 Å². The molecule has 1 aliphatic rings. The summed E-state index contributed by atoms with van der Waals surface area (Å²) in [5.74, 6) is 0.797. The third-order valence-corrected chi connectivity index (χ3v) is 5.50. The molecule has 30 heavy (non-hydrogen) atoms. The SMILES string of the molecule is CNC(=O)CSC1=NC(=Cc2ccc(OC)cc2)C(=O)N1c1ccc(Cl)c(OC)c1. The molecule has 2 amide bonds. The summed E-state index contributed by atoms with van der Waals surface area (Å²) >= 11 is 7.29. The van der Waals surface area contributed by atoms with E-state index in [0.29, 0.717) is 21.6 Å². The van der Waals surface area contributed by atoms with Crippen molar-refractivity contribution in [2.24, 2.45) is 4.99 Å². The Balaban J connectivity index is 1.97. The molecule has 2 aromatic rings. The molecule has 0 radical (unpaired) electrons. The number of hydrogen-bond acceptors (Lipinski definition) is 6. The Morgan fingerprint density at radius 3 is 2.57 bits per heavy atom. The van der Waals surface area contributed by atoms with E-state index >= 15 is 0 Å². The lowest BCUT2D eigenvalue weighted by atomic mass is 10.2. The Morgan fingerprint density at radius 1 is 1.20 bits per heavy atom. The normalized spacial score (nSPS) is 14.7. The van der Waals surface area contributed by atoms with Crippen LogP contribution in [0.2, 0.25) is 5.02 Å². The Morgan fingerprint density at radius 2 is 1.93 bits per heavy atom. The maximum atomic E-state index is 13.2. The first-order chi connectivity index (χ1) is 14.5. The smallest absolute Gasteiger partial charge is 0.283 e. The van der Waals surface area contributed by atoms with E-state index in [4.69, 9.17) is 21.1 Å². The van der Waals surface area contributed by atoms with Crippen LogP contribution in [0.15, 0.2) is 53.2 Å². The first kappa shape index (κ1) is 21.7. The second-order valence-electron chi connectivity index (χ2n) is 6.12. The number of halogens is 1. The predicted octanol–water partition coefficient (Wildman–Crippen LogP) is 3.58. The van der Waals surface area contributed by atoms with Gasteiger partial charge in [-0.3, -0.25) is 14.5 Å². The molecule has 0 aromatic heterocycles. The fourth-order valence-electron chi connectivity index (χ4n) is 2.67. The van der Waals surface area contributed by atoms with Crippen molar-refractivity contribution in [3.8, 4) is 11.5 Å². The molecule has 0 saturated heterocycles. The summed E-state index contributed by atoms with van der Waals surface area (Å²) in [4.78, 5) is 30.8. The highest BCUT2D eigenvalue weighted by atomic mass is 35.5. The molecule has 0 fully saturated rings. The Bertz CT molecular complexity index is 1020. The molecule has 1 N–H and O–H groups in total. The monoisotopic (exact) mass is 445 g/mol. The Labute approximate surface area is 183 Å². The molecule has 0 spiro atoms. The first-order valence-corrected chi connectivity index (χ1v) is 10.3. The number of aliphatic imine (C=N–C) groups is 1. The Hall–Kier alpha value is -2.97. The lowest BCUT2D eigenvalue weighted by molar-refractivity contribution is -0.118. The molecule has 0 unspecified atom stereocenters. The van der Waals surface area contributed by atoms with Crippen LogP contribution in [0.4, 0.5) is 5.69 Å². The first-order valence-electron chi connectivity index (χ1n) is 8.92. The van der Waals surface area contributed by atoms with Gasteiger partial charge >= 0.3 is 0 Å². The fraction of sp³-hybridized carbons (Fsp3) is 0.190. The summed E-state index contributed by atoms with van der Waals surface area (Å²) in [7, 11) is 4.65. The van der Waals surface area contributed by atoms with Gasteiger partial charge in [0.15, 0.2) is 5.17 Å². The summed E-state index contributed by atoms with van der Waals surface area (Å²) in [6.07, 6.45) is 1.69. The van der Waals surface area contributed by atoms with Gasteiger partial charge in [0.05, 0.1) is 30.7 Å². The quantitative estimate of drug-likeness (QED) is 0.687. The van der Waals surface area contributed by atoms with Gasteiger partial charge in [-0.05, 0) is 35.9 Å². The van der Waals surface area contributed by atoms with Gasteiger partial charge in [0.1, 0.15) is 17.2 Å². The van der Waals surface area contributed by atoms with Gasteiger partial charge < -0.3 is 14.8 Å². The van der Waals surface area contributed by atoms with E-state index in [1.54, 1.807) is 50.6 Å². The zero-order valence-corrected chi connectivity index (χ0v) is 18.2. The van der Waals surface area contributed by atoms with Crippen LogP contribution in [0.5, 0.6) is 11.5 Å². The number of carbonyl (C=O) groups excluding carboxylic acids is 2. The summed E-state index contributed by atoms with van der Waals surface area (Å²) in [6, 6.07) is 12.3. The van der Waals surface area contributed by atoms with Gasteiger partial charge in [0.25, 0.3) is 5.91 Å². The molecule has 156 valence electrons. The highest BCUT2D eigenvalue weighted by molar-refractivity contribution is 8.14. The van der Waals surface area contributed by atoms with Gasteiger partial charge in [-0.25, -0.2) is 4.99 Å². The average molecular weight is 446 g/mol. The molecular weight excluding hydrogens is 426 g/mol. The summed E-state index contributed by atoms with van der Waals surface area (Å²) in [5, 5.41) is 3.39. The van der Waals surface area contributed by atoms with Gasteiger partial charge in [-0.15, -0.1) is 0 Å². The van der Waals surface area contributed by atoms with Crippen molar-refractivity contribution in [3.63, 3.8) is 0 Å². The topological polar surface area (TPSA) is 80.2 Å². The minimum absolute atomic E-state index is 0.125. The molecule has 0 saturated carbocycles. The number of amides is 2. The standard InChI is InChI=1S/C21H20ClN3O4S/c1-23-19(26)12-30-21-24-17(10-13-4-7-15(28-2)8-5-13)20(27)25(21)14-6-9-16(22)18(11-14)29-3/h4-11H,12H2,1-3H3,(H,23,26). The van der Waals surface area contributed by atoms with E-state index in [2.05, 4.69) is 10.3 Å². The third-order valence-electron chi connectivity index (χ3n) is 4.25. The number of ether oxygens (including phenoxy) is 2. The largest absolute Gasteiger partial charge is 0.497 e. The molecule has 3 rings (SSSR count). The number of methoxy groups -OCH3 is 2. The minimum atomic E-state index is -0.311. The lowest BCUT2D eigenvalue weighted by Crippen LogP contribution is -2.31. The molecule has 2 aromatic carbocycles. The second-order valence-corrected chi connectivity index (χ2v) is 7.47. The van der Waals surface area contributed by atoms with Crippen LogP contribution in [0.25, 0.3) is 6.08 Å². The highest BCUT2D eigenvalue weighted by Crippen LogP contribution is 2.34. The summed E-state index contributed by atoms with van der Waals surface area (Å²) < 4.78 is 10.4. The van der Waals surface area contributed by atoms with Crippen LogP contribution < -0.4 is 19.7 Å². The molecule has 0 aliphatic carbocycles. The lowest BCUT2D eigenvalue weighted by Gasteiger charge is -2.18. The van der Waals surface area contributed by atoms with Crippen molar-refractivity contribution < 1.29 is 19.1 Å². The van der Waals surface area contributed by atoms with Gasteiger partial charge in [0, 0.05) is 13.1 Å². The summed E-state index contributed by atoms with van der Waals surface area (Å²) in [5.41, 5.74) is 1.60. The van der Waals surface area contributed by atoms with Crippen molar-refractivity contribution in [2.45, 2.75) is 0 Å². The van der Waals surface area contributed by atoms with Crippen molar-refractivity contribution in [2.75, 3.05) is 31.9 Å². The number of nitrogens with zero attached hydrogens (tertiary/aromatic N) is 2. The predicted molar refractivity (Wildman–Crippen MR) is 120 cm³/mol. The maximum absolute atomic E-state index is 13.2.